The van der Waals surface area contributed by atoms with Crippen LogP contribution in [-0.2, 0) is 4.79 Å². The van der Waals surface area contributed by atoms with Crippen molar-refractivity contribution < 1.29 is 4.79 Å². The van der Waals surface area contributed by atoms with E-state index in [4.69, 9.17) is 5.26 Å². The van der Waals surface area contributed by atoms with Crippen molar-refractivity contribution in [3.05, 3.63) is 41.0 Å². The maximum Gasteiger partial charge on any atom is 0.262 e. The van der Waals surface area contributed by atoms with Gasteiger partial charge in [0.05, 0.1) is 0 Å². The van der Waals surface area contributed by atoms with Crippen LogP contribution in [0.5, 0.6) is 0 Å². The molecule has 0 heterocycles. The molecule has 2 rings (SSSR count). The molecular weight excluding hydrogens is 212 g/mol. The van der Waals surface area contributed by atoms with Gasteiger partial charge in [0.2, 0.25) is 0 Å². The molecule has 0 spiro atoms. The van der Waals surface area contributed by atoms with Gasteiger partial charge in [-0.25, -0.2) is 0 Å². The summed E-state index contributed by atoms with van der Waals surface area (Å²) in [6.07, 6.45) is 3.67. The molecule has 1 amide bonds. The predicted octanol–water partition coefficient (Wildman–Crippen LogP) is 2.18. The molecule has 1 saturated carbocycles. The fourth-order valence-corrected chi connectivity index (χ4v) is 1.47. The van der Waals surface area contributed by atoms with Gasteiger partial charge < -0.3 is 5.32 Å². The second-order valence-electron chi connectivity index (χ2n) is 4.33. The molecule has 1 N–H and O–H groups in total. The summed E-state index contributed by atoms with van der Waals surface area (Å²) in [6.45, 7) is 2.00. The van der Waals surface area contributed by atoms with Gasteiger partial charge in [0.25, 0.3) is 5.91 Å². The molecule has 0 saturated heterocycles. The van der Waals surface area contributed by atoms with E-state index in [9.17, 15) is 4.79 Å². The highest BCUT2D eigenvalue weighted by atomic mass is 16.1. The van der Waals surface area contributed by atoms with Crippen LogP contribution in [-0.4, -0.2) is 11.9 Å². The summed E-state index contributed by atoms with van der Waals surface area (Å²) >= 11 is 0. The number of nitrogens with zero attached hydrogens (tertiary/aromatic N) is 1. The molecule has 1 aromatic carbocycles. The Morgan fingerprint density at radius 1 is 1.41 bits per heavy atom. The molecule has 1 fully saturated rings. The summed E-state index contributed by atoms with van der Waals surface area (Å²) in [6, 6.07) is 9.94. The molecule has 1 aliphatic rings. The number of rotatable bonds is 3. The number of nitriles is 1. The summed E-state index contributed by atoms with van der Waals surface area (Å²) in [4.78, 5) is 11.7. The number of hydrogen-bond acceptors (Lipinski definition) is 2. The first-order valence-electron chi connectivity index (χ1n) is 5.68. The lowest BCUT2D eigenvalue weighted by molar-refractivity contribution is -0.117. The van der Waals surface area contributed by atoms with Gasteiger partial charge in [0, 0.05) is 6.04 Å². The van der Waals surface area contributed by atoms with Crippen LogP contribution >= 0.6 is 0 Å². The largest absolute Gasteiger partial charge is 0.349 e. The van der Waals surface area contributed by atoms with Gasteiger partial charge in [-0.3, -0.25) is 4.79 Å². The average Bonchev–Trinajstić information content (AvgIpc) is 3.12. The van der Waals surface area contributed by atoms with Gasteiger partial charge in [-0.05, 0) is 31.4 Å². The normalized spacial score (nSPS) is 15.2. The summed E-state index contributed by atoms with van der Waals surface area (Å²) in [5.41, 5.74) is 2.20. The fourth-order valence-electron chi connectivity index (χ4n) is 1.47. The first kappa shape index (κ1) is 11.4. The van der Waals surface area contributed by atoms with Crippen molar-refractivity contribution in [2.45, 2.75) is 25.8 Å². The van der Waals surface area contributed by atoms with Gasteiger partial charge in [0.15, 0.2) is 0 Å². The number of amides is 1. The summed E-state index contributed by atoms with van der Waals surface area (Å²) in [7, 11) is 0. The summed E-state index contributed by atoms with van der Waals surface area (Å²) < 4.78 is 0. The standard InChI is InChI=1S/C14H14N2O/c1-10-2-4-11(5-3-10)8-12(9-15)14(17)16-13-6-7-13/h2-5,8,13H,6-7H2,1H3,(H,16,17)/b12-8+. The van der Waals surface area contributed by atoms with Crippen molar-refractivity contribution >= 4 is 12.0 Å². The zero-order valence-electron chi connectivity index (χ0n) is 9.73. The third-order valence-electron chi connectivity index (χ3n) is 2.67. The number of hydrogen-bond donors (Lipinski definition) is 1. The van der Waals surface area contributed by atoms with Crippen LogP contribution in [0.15, 0.2) is 29.8 Å². The Labute approximate surface area is 101 Å². The first-order valence-corrected chi connectivity index (χ1v) is 5.68. The number of aryl methyl sites for hydroxylation is 1. The molecular formula is C14H14N2O. The smallest absolute Gasteiger partial charge is 0.262 e. The summed E-state index contributed by atoms with van der Waals surface area (Å²) in [5.74, 6) is -0.268. The lowest BCUT2D eigenvalue weighted by Crippen LogP contribution is -2.26. The molecule has 0 bridgehead atoms. The van der Waals surface area contributed by atoms with Crippen molar-refractivity contribution in [3.63, 3.8) is 0 Å². The van der Waals surface area contributed by atoms with Crippen LogP contribution in [0.4, 0.5) is 0 Å². The van der Waals surface area contributed by atoms with E-state index in [1.54, 1.807) is 6.08 Å². The van der Waals surface area contributed by atoms with Crippen molar-refractivity contribution in [1.29, 1.82) is 5.26 Å². The lowest BCUT2D eigenvalue weighted by Gasteiger charge is -2.01. The molecule has 3 nitrogen and oxygen atoms in total. The molecule has 0 aliphatic heterocycles. The van der Waals surface area contributed by atoms with Gasteiger partial charge in [0.1, 0.15) is 11.6 Å². The van der Waals surface area contributed by atoms with Gasteiger partial charge in [-0.2, -0.15) is 5.26 Å². The predicted molar refractivity (Wildman–Crippen MR) is 65.9 cm³/mol. The Balaban J connectivity index is 2.13. The molecule has 0 atom stereocenters. The second-order valence-corrected chi connectivity index (χ2v) is 4.33. The molecule has 1 aromatic rings. The van der Waals surface area contributed by atoms with Crippen LogP contribution in [0.1, 0.15) is 24.0 Å². The van der Waals surface area contributed by atoms with E-state index in [1.807, 2.05) is 37.3 Å². The van der Waals surface area contributed by atoms with Gasteiger partial charge in [-0.1, -0.05) is 29.8 Å². The van der Waals surface area contributed by atoms with Crippen molar-refractivity contribution in [3.8, 4) is 6.07 Å². The zero-order valence-corrected chi connectivity index (χ0v) is 9.73. The Morgan fingerprint density at radius 3 is 2.59 bits per heavy atom. The van der Waals surface area contributed by atoms with E-state index in [0.29, 0.717) is 0 Å². The third-order valence-corrected chi connectivity index (χ3v) is 2.67. The maximum atomic E-state index is 11.7. The zero-order chi connectivity index (χ0) is 12.3. The van der Waals surface area contributed by atoms with E-state index in [0.717, 1.165) is 24.0 Å². The monoisotopic (exact) mass is 226 g/mol. The van der Waals surface area contributed by atoms with Gasteiger partial charge >= 0.3 is 0 Å². The van der Waals surface area contributed by atoms with Crippen LogP contribution in [0.3, 0.4) is 0 Å². The Morgan fingerprint density at radius 2 is 2.06 bits per heavy atom. The maximum absolute atomic E-state index is 11.7. The third kappa shape index (κ3) is 3.18. The highest BCUT2D eigenvalue weighted by Gasteiger charge is 2.24. The highest BCUT2D eigenvalue weighted by molar-refractivity contribution is 6.01. The molecule has 0 radical (unpaired) electrons. The Kier molecular flexibility index (Phi) is 3.24. The molecule has 0 unspecified atom stereocenters. The minimum absolute atomic E-state index is 0.167. The molecule has 3 heteroatoms. The second kappa shape index (κ2) is 4.84. The SMILES string of the molecule is Cc1ccc(/C=C(\C#N)C(=O)NC2CC2)cc1. The molecule has 17 heavy (non-hydrogen) atoms. The van der Waals surface area contributed by atoms with Crippen LogP contribution in [0, 0.1) is 18.3 Å². The Bertz CT molecular complexity index is 490. The van der Waals surface area contributed by atoms with Crippen molar-refractivity contribution in [2.75, 3.05) is 0 Å². The fraction of sp³-hybridized carbons (Fsp3) is 0.286. The minimum atomic E-state index is -0.268. The van der Waals surface area contributed by atoms with Crippen LogP contribution in [0.2, 0.25) is 0 Å². The number of carbonyl (C=O) groups is 1. The van der Waals surface area contributed by atoms with Crippen LogP contribution < -0.4 is 5.32 Å². The molecule has 1 aliphatic carbocycles. The van der Waals surface area contributed by atoms with E-state index >= 15 is 0 Å². The van der Waals surface area contributed by atoms with E-state index in [1.165, 1.54) is 0 Å². The quantitative estimate of drug-likeness (QED) is 0.634. The average molecular weight is 226 g/mol. The summed E-state index contributed by atoms with van der Waals surface area (Å²) in [5, 5.41) is 11.8. The van der Waals surface area contributed by atoms with E-state index < -0.39 is 0 Å². The lowest BCUT2D eigenvalue weighted by atomic mass is 10.1. The first-order chi connectivity index (χ1) is 8.19. The van der Waals surface area contributed by atoms with Gasteiger partial charge in [-0.15, -0.1) is 0 Å². The number of nitrogens with one attached hydrogen (secondary N) is 1. The molecule has 0 aromatic heterocycles. The van der Waals surface area contributed by atoms with Crippen molar-refractivity contribution in [2.24, 2.45) is 0 Å². The molecule has 86 valence electrons. The minimum Gasteiger partial charge on any atom is -0.349 e. The van der Waals surface area contributed by atoms with E-state index in [2.05, 4.69) is 5.32 Å². The number of benzene rings is 1. The Hall–Kier alpha value is -2.08. The number of carbonyl (C=O) groups excluding carboxylic acids is 1. The van der Waals surface area contributed by atoms with E-state index in [-0.39, 0.29) is 17.5 Å². The van der Waals surface area contributed by atoms with Crippen LogP contribution in [0.25, 0.3) is 6.08 Å². The highest BCUT2D eigenvalue weighted by Crippen LogP contribution is 2.19. The van der Waals surface area contributed by atoms with Crippen molar-refractivity contribution in [1.82, 2.24) is 5.32 Å². The topological polar surface area (TPSA) is 52.9 Å².